The molecule has 2 aliphatic rings. The summed E-state index contributed by atoms with van der Waals surface area (Å²) in [7, 11) is 3.08. The summed E-state index contributed by atoms with van der Waals surface area (Å²) < 4.78 is 16.8. The summed E-state index contributed by atoms with van der Waals surface area (Å²) in [5, 5.41) is 12.9. The number of pyridine rings is 1. The summed E-state index contributed by atoms with van der Waals surface area (Å²) in [6.07, 6.45) is 0.391. The average molecular weight is 471 g/mol. The number of fused-ring (bicyclic) bond motifs is 3. The van der Waals surface area contributed by atoms with E-state index in [-0.39, 0.29) is 42.2 Å². The number of nitriles is 1. The molecule has 3 heterocycles. The monoisotopic (exact) mass is 471 g/mol. The van der Waals surface area contributed by atoms with Crippen molar-refractivity contribution in [2.75, 3.05) is 38.4 Å². The molecule has 0 fully saturated rings. The number of nitrogens with two attached hydrogens (primary N) is 1. The largest absolute Gasteiger partial charge is 0.493 e. The number of amides is 2. The Morgan fingerprint density at radius 3 is 2.43 bits per heavy atom. The van der Waals surface area contributed by atoms with Crippen molar-refractivity contribution >= 4 is 23.3 Å². The quantitative estimate of drug-likeness (QED) is 0.406. The third-order valence-corrected chi connectivity index (χ3v) is 6.06. The number of rotatable bonds is 6. The van der Waals surface area contributed by atoms with Crippen LogP contribution < -0.4 is 25.3 Å². The molecule has 2 aliphatic heterocycles. The number of nitrogen functional groups attached to an aromatic ring is 1. The molecule has 2 amide bonds. The first-order valence-electron chi connectivity index (χ1n) is 10.8. The van der Waals surface area contributed by atoms with Gasteiger partial charge in [-0.3, -0.25) is 14.5 Å². The normalized spacial score (nSPS) is 13.3. The topological polar surface area (TPSA) is 140 Å². The van der Waals surface area contributed by atoms with Crippen LogP contribution in [0.15, 0.2) is 36.4 Å². The van der Waals surface area contributed by atoms with Crippen molar-refractivity contribution in [3.63, 3.8) is 0 Å². The minimum atomic E-state index is -0.345. The lowest BCUT2D eigenvalue weighted by molar-refractivity contribution is 0.0660. The number of aromatic nitrogens is 1. The van der Waals surface area contributed by atoms with Gasteiger partial charge in [0.25, 0.3) is 11.8 Å². The van der Waals surface area contributed by atoms with E-state index in [0.29, 0.717) is 46.0 Å². The van der Waals surface area contributed by atoms with Gasteiger partial charge in [0.05, 0.1) is 31.0 Å². The highest BCUT2D eigenvalue weighted by atomic mass is 16.5. The molecule has 176 valence electrons. The third-order valence-electron chi connectivity index (χ3n) is 6.06. The van der Waals surface area contributed by atoms with Crippen LogP contribution in [-0.2, 0) is 6.42 Å². The molecule has 0 spiro atoms. The number of nitrogens with one attached hydrogen (secondary N) is 1. The van der Waals surface area contributed by atoms with E-state index in [9.17, 15) is 14.9 Å². The predicted octanol–water partition coefficient (Wildman–Crippen LogP) is 2.96. The van der Waals surface area contributed by atoms with Gasteiger partial charge in [0.2, 0.25) is 5.88 Å². The van der Waals surface area contributed by atoms with Crippen molar-refractivity contribution in [2.24, 2.45) is 0 Å². The molecule has 10 nitrogen and oxygen atoms in total. The highest BCUT2D eigenvalue weighted by Gasteiger charge is 2.35. The Bertz CT molecular complexity index is 1390. The molecule has 35 heavy (non-hydrogen) atoms. The number of imide groups is 1. The number of nitrogens with zero attached hydrogens (tertiary/aromatic N) is 3. The van der Waals surface area contributed by atoms with E-state index in [0.717, 1.165) is 5.56 Å². The van der Waals surface area contributed by atoms with Crippen molar-refractivity contribution < 1.29 is 23.8 Å². The van der Waals surface area contributed by atoms with Gasteiger partial charge in [0.15, 0.2) is 11.5 Å². The lowest BCUT2D eigenvalue weighted by Crippen LogP contribution is -2.34. The number of ether oxygens (including phenoxy) is 3. The van der Waals surface area contributed by atoms with Crippen LogP contribution in [0.1, 0.15) is 37.4 Å². The van der Waals surface area contributed by atoms with Gasteiger partial charge in [-0.15, -0.1) is 0 Å². The maximum atomic E-state index is 12.7. The van der Waals surface area contributed by atoms with Crippen LogP contribution in [-0.4, -0.2) is 49.0 Å². The van der Waals surface area contributed by atoms with Crippen LogP contribution in [0.2, 0.25) is 0 Å². The second kappa shape index (κ2) is 8.53. The summed E-state index contributed by atoms with van der Waals surface area (Å²) in [4.78, 5) is 30.8. The van der Waals surface area contributed by atoms with E-state index in [1.54, 1.807) is 37.4 Å². The second-order valence-electron chi connectivity index (χ2n) is 7.97. The minimum Gasteiger partial charge on any atom is -0.493 e. The number of benzene rings is 2. The maximum absolute atomic E-state index is 12.7. The highest BCUT2D eigenvalue weighted by Crippen LogP contribution is 2.45. The average Bonchev–Trinajstić information content (AvgIpc) is 3.11. The fraction of sp³-hybridized carbons (Fsp3) is 0.200. The summed E-state index contributed by atoms with van der Waals surface area (Å²) in [6, 6.07) is 12.3. The molecule has 0 bridgehead atoms. The lowest BCUT2D eigenvalue weighted by Gasteiger charge is -2.25. The van der Waals surface area contributed by atoms with E-state index in [1.165, 1.54) is 12.0 Å². The summed E-state index contributed by atoms with van der Waals surface area (Å²) >= 11 is 0. The van der Waals surface area contributed by atoms with Crippen molar-refractivity contribution in [2.45, 2.75) is 6.42 Å². The van der Waals surface area contributed by atoms with Crippen molar-refractivity contribution in [1.82, 2.24) is 9.88 Å². The maximum Gasteiger partial charge on any atom is 0.261 e. The van der Waals surface area contributed by atoms with Crippen molar-refractivity contribution in [3.8, 4) is 29.2 Å². The lowest BCUT2D eigenvalue weighted by atomic mass is 9.98. The zero-order chi connectivity index (χ0) is 24.7. The molecule has 0 radical (unpaired) electrons. The Labute approximate surface area is 200 Å². The molecule has 3 aromatic rings. The Balaban J connectivity index is 1.42. The molecule has 1 aromatic heterocycles. The van der Waals surface area contributed by atoms with Crippen LogP contribution in [0.3, 0.4) is 0 Å². The van der Waals surface area contributed by atoms with E-state index in [1.807, 2.05) is 6.07 Å². The molecule has 3 N–H and O–H groups in total. The number of carbonyl (C=O) groups excluding carboxylic acids is 2. The molecular weight excluding hydrogens is 450 g/mol. The van der Waals surface area contributed by atoms with Crippen molar-refractivity contribution in [3.05, 3.63) is 64.2 Å². The van der Waals surface area contributed by atoms with Gasteiger partial charge in [0.1, 0.15) is 23.2 Å². The van der Waals surface area contributed by atoms with E-state index < -0.39 is 0 Å². The molecule has 0 atom stereocenters. The Morgan fingerprint density at radius 1 is 1.14 bits per heavy atom. The number of carbonyl (C=O) groups is 2. The van der Waals surface area contributed by atoms with Gasteiger partial charge in [-0.25, -0.2) is 0 Å². The SMILES string of the molecule is COc1cc2c(cc1OC)Oc1nc(N)c(C#N)c(NCCN3C(=O)c4ccccc4C3=O)c1C2. The van der Waals surface area contributed by atoms with E-state index in [2.05, 4.69) is 16.4 Å². The van der Waals surface area contributed by atoms with Crippen LogP contribution in [0.25, 0.3) is 0 Å². The minimum absolute atomic E-state index is 0.0124. The zero-order valence-corrected chi connectivity index (χ0v) is 19.0. The third kappa shape index (κ3) is 3.54. The standard InChI is InChI=1S/C25H21N5O5/c1-33-19-10-13-9-16-21(17(12-26)22(27)29-23(16)35-18(13)11-20(19)34-2)28-7-8-30-24(31)14-5-3-4-6-15(14)25(30)32/h3-6,10-11H,7-9H2,1-2H3,(H3,27,28,29). The Hall–Kier alpha value is -4.78. The zero-order valence-electron chi connectivity index (χ0n) is 19.0. The van der Waals surface area contributed by atoms with Crippen molar-refractivity contribution in [1.29, 1.82) is 5.26 Å². The van der Waals surface area contributed by atoms with E-state index >= 15 is 0 Å². The van der Waals surface area contributed by atoms with Gasteiger partial charge >= 0.3 is 0 Å². The Kier molecular flexibility index (Phi) is 5.37. The molecule has 0 aliphatic carbocycles. The van der Waals surface area contributed by atoms with Gasteiger partial charge in [-0.1, -0.05) is 12.1 Å². The number of hydrogen-bond donors (Lipinski definition) is 2. The van der Waals surface area contributed by atoms with Crippen LogP contribution in [0.5, 0.6) is 23.1 Å². The molecule has 0 saturated heterocycles. The first-order chi connectivity index (χ1) is 17.0. The Morgan fingerprint density at radius 2 is 1.80 bits per heavy atom. The highest BCUT2D eigenvalue weighted by molar-refractivity contribution is 6.21. The van der Waals surface area contributed by atoms with Gasteiger partial charge in [0, 0.05) is 36.7 Å². The van der Waals surface area contributed by atoms with Gasteiger partial charge < -0.3 is 25.3 Å². The fourth-order valence-corrected chi connectivity index (χ4v) is 4.34. The van der Waals surface area contributed by atoms with Crippen LogP contribution in [0, 0.1) is 11.3 Å². The number of methoxy groups -OCH3 is 2. The number of anilines is 2. The van der Waals surface area contributed by atoms with Crippen LogP contribution >= 0.6 is 0 Å². The molecule has 5 rings (SSSR count). The molecular formula is C25H21N5O5. The fourth-order valence-electron chi connectivity index (χ4n) is 4.34. The predicted molar refractivity (Wildman–Crippen MR) is 126 cm³/mol. The smallest absolute Gasteiger partial charge is 0.261 e. The molecule has 10 heteroatoms. The first kappa shape index (κ1) is 22.0. The molecule has 0 unspecified atom stereocenters. The second-order valence-corrected chi connectivity index (χ2v) is 7.97. The summed E-state index contributed by atoms with van der Waals surface area (Å²) in [5.41, 5.74) is 8.89. The molecule has 2 aromatic carbocycles. The number of hydrogen-bond acceptors (Lipinski definition) is 9. The molecule has 0 saturated carbocycles. The van der Waals surface area contributed by atoms with Crippen LogP contribution in [0.4, 0.5) is 11.5 Å². The van der Waals surface area contributed by atoms with Gasteiger partial charge in [-0.2, -0.15) is 10.2 Å². The van der Waals surface area contributed by atoms with Gasteiger partial charge in [-0.05, 0) is 18.2 Å². The summed E-state index contributed by atoms with van der Waals surface area (Å²) in [6.45, 7) is 0.311. The first-order valence-corrected chi connectivity index (χ1v) is 10.8. The van der Waals surface area contributed by atoms with E-state index in [4.69, 9.17) is 19.9 Å². The summed E-state index contributed by atoms with van der Waals surface area (Å²) in [5.74, 6) is 1.19.